The molecule has 0 aliphatic heterocycles. The molecule has 0 amide bonds. The maximum absolute atomic E-state index is 10.9. The Labute approximate surface area is 198 Å². The lowest BCUT2D eigenvalue weighted by molar-refractivity contribution is -0.174. The normalized spacial score (nSPS) is 56.7. The number of hydrogen-bond donors (Lipinski definition) is 2. The third kappa shape index (κ3) is 3.03. The fourth-order valence-corrected chi connectivity index (χ4v) is 11.7. The van der Waals surface area contributed by atoms with Gasteiger partial charge in [-0.2, -0.15) is 0 Å². The molecule has 0 saturated heterocycles. The fourth-order valence-electron chi connectivity index (χ4n) is 11.7. The maximum atomic E-state index is 10.9. The molecule has 0 aromatic heterocycles. The van der Waals surface area contributed by atoms with E-state index in [0.717, 1.165) is 30.6 Å². The van der Waals surface area contributed by atoms with Crippen LogP contribution < -0.4 is 0 Å². The summed E-state index contributed by atoms with van der Waals surface area (Å²) in [6.07, 6.45) is 13.8. The molecule has 0 spiro atoms. The van der Waals surface area contributed by atoms with Gasteiger partial charge in [0.25, 0.3) is 0 Å². The second kappa shape index (κ2) is 7.22. The van der Waals surface area contributed by atoms with Gasteiger partial charge in [0.05, 0.1) is 12.2 Å². The Kier molecular flexibility index (Phi) is 5.34. The first kappa shape index (κ1) is 23.7. The average Bonchev–Trinajstić information content (AvgIpc) is 2.86. The first-order chi connectivity index (χ1) is 14.8. The van der Waals surface area contributed by atoms with Crippen LogP contribution in [0.1, 0.15) is 119 Å². The zero-order valence-corrected chi connectivity index (χ0v) is 22.2. The van der Waals surface area contributed by atoms with Gasteiger partial charge in [-0.25, -0.2) is 0 Å². The molecule has 5 saturated carbocycles. The maximum Gasteiger partial charge on any atom is 0.0594 e. The second-order valence-electron chi connectivity index (χ2n) is 15.3. The highest BCUT2D eigenvalue weighted by Gasteiger charge is 2.64. The first-order valence-corrected chi connectivity index (χ1v) is 14.1. The number of hydrogen-bond acceptors (Lipinski definition) is 2. The molecule has 0 aromatic rings. The molecule has 0 heterocycles. The van der Waals surface area contributed by atoms with Gasteiger partial charge in [-0.3, -0.25) is 0 Å². The zero-order valence-electron chi connectivity index (χ0n) is 22.2. The van der Waals surface area contributed by atoms with Gasteiger partial charge in [0.15, 0.2) is 0 Å². The van der Waals surface area contributed by atoms with E-state index in [0.29, 0.717) is 28.1 Å². The summed E-state index contributed by atoms with van der Waals surface area (Å²) in [6.45, 7) is 17.4. The van der Waals surface area contributed by atoms with E-state index in [1.165, 1.54) is 57.8 Å². The molecular formula is C30H52O2. The van der Waals surface area contributed by atoms with Crippen LogP contribution in [0.4, 0.5) is 0 Å². The standard InChI is InChI=1S/C30H52O2/c1-26(2)21-10-8-19-18-28(5)15-12-22-27(3,4)25(32)14-17-30(22,7)23(28)11-9-20(19)29(21,6)16-13-24(26)31/h19-25,31-32H,8-18H2,1-7H3/t19-,20-,21-,22-,23-,24-,25-,28-,29+,30-/m0/s1. The smallest absolute Gasteiger partial charge is 0.0594 e. The van der Waals surface area contributed by atoms with Gasteiger partial charge in [-0.1, -0.05) is 48.5 Å². The van der Waals surface area contributed by atoms with Crippen molar-refractivity contribution in [1.82, 2.24) is 0 Å². The van der Waals surface area contributed by atoms with Crippen molar-refractivity contribution in [2.24, 2.45) is 56.7 Å². The highest BCUT2D eigenvalue weighted by molar-refractivity contribution is 5.13. The van der Waals surface area contributed by atoms with Crippen molar-refractivity contribution in [3.8, 4) is 0 Å². The van der Waals surface area contributed by atoms with Gasteiger partial charge in [0.2, 0.25) is 0 Å². The Morgan fingerprint density at radius 3 is 1.69 bits per heavy atom. The zero-order chi connectivity index (χ0) is 23.3. The lowest BCUT2D eigenvalue weighted by Gasteiger charge is -2.64. The highest BCUT2D eigenvalue weighted by atomic mass is 16.3. The van der Waals surface area contributed by atoms with E-state index in [9.17, 15) is 10.2 Å². The Balaban J connectivity index is 1.48. The molecule has 0 bridgehead atoms. The molecule has 5 rings (SSSR count). The van der Waals surface area contributed by atoms with Crippen LogP contribution in [0.3, 0.4) is 0 Å². The summed E-state index contributed by atoms with van der Waals surface area (Å²) in [4.78, 5) is 0. The minimum Gasteiger partial charge on any atom is -0.393 e. The van der Waals surface area contributed by atoms with Crippen LogP contribution in [-0.4, -0.2) is 22.4 Å². The number of aliphatic hydroxyl groups is 2. The second-order valence-corrected chi connectivity index (χ2v) is 15.3. The fraction of sp³-hybridized carbons (Fsp3) is 1.00. The predicted octanol–water partition coefficient (Wildman–Crippen LogP) is 7.22. The largest absolute Gasteiger partial charge is 0.393 e. The van der Waals surface area contributed by atoms with Gasteiger partial charge in [-0.05, 0) is 127 Å². The lowest BCUT2D eigenvalue weighted by Crippen LogP contribution is -2.58. The van der Waals surface area contributed by atoms with Crippen LogP contribution in [0.15, 0.2) is 0 Å². The molecule has 2 heteroatoms. The van der Waals surface area contributed by atoms with Gasteiger partial charge in [-0.15, -0.1) is 0 Å². The molecule has 184 valence electrons. The minimum atomic E-state index is -0.131. The molecule has 5 fully saturated rings. The van der Waals surface area contributed by atoms with Crippen LogP contribution >= 0.6 is 0 Å². The Bertz CT molecular complexity index is 741. The third-order valence-corrected chi connectivity index (χ3v) is 13.4. The Morgan fingerprint density at radius 2 is 1.06 bits per heavy atom. The van der Waals surface area contributed by atoms with Gasteiger partial charge >= 0.3 is 0 Å². The highest BCUT2D eigenvalue weighted by Crippen LogP contribution is 2.71. The van der Waals surface area contributed by atoms with Crippen molar-refractivity contribution in [2.75, 3.05) is 0 Å². The molecule has 5 aliphatic carbocycles. The molecule has 2 nitrogen and oxygen atoms in total. The van der Waals surface area contributed by atoms with E-state index in [1.807, 2.05) is 0 Å². The van der Waals surface area contributed by atoms with E-state index >= 15 is 0 Å². The number of aliphatic hydroxyl groups excluding tert-OH is 2. The summed E-state index contributed by atoms with van der Waals surface area (Å²) in [5.74, 6) is 3.83. The SMILES string of the molecule is CC1(C)[C@@H](O)CC[C@@]2(C)[C@H]1CC[C@@]1(C)C[C@@H]3CC[C@H]4C(C)(C)[C@@H](O)CC[C@]4(C)[C@H]3CC[C@@H]12. The lowest BCUT2D eigenvalue weighted by atomic mass is 9.42. The predicted molar refractivity (Wildman–Crippen MR) is 132 cm³/mol. The van der Waals surface area contributed by atoms with Crippen molar-refractivity contribution in [2.45, 2.75) is 131 Å². The Morgan fingerprint density at radius 1 is 0.531 bits per heavy atom. The molecular weight excluding hydrogens is 392 g/mol. The van der Waals surface area contributed by atoms with Crippen molar-refractivity contribution in [3.63, 3.8) is 0 Å². The third-order valence-electron chi connectivity index (χ3n) is 13.4. The summed E-state index contributed by atoms with van der Waals surface area (Å²) in [7, 11) is 0. The Hall–Kier alpha value is -0.0800. The van der Waals surface area contributed by atoms with Crippen molar-refractivity contribution in [1.29, 1.82) is 0 Å². The van der Waals surface area contributed by atoms with E-state index in [4.69, 9.17) is 0 Å². The quantitative estimate of drug-likeness (QED) is 0.414. The topological polar surface area (TPSA) is 40.5 Å². The number of fused-ring (bicyclic) bond motifs is 6. The van der Waals surface area contributed by atoms with Crippen LogP contribution in [0.25, 0.3) is 0 Å². The molecule has 0 radical (unpaired) electrons. The van der Waals surface area contributed by atoms with E-state index < -0.39 is 0 Å². The van der Waals surface area contributed by atoms with Gasteiger partial charge in [0, 0.05) is 0 Å². The van der Waals surface area contributed by atoms with E-state index in [1.54, 1.807) is 0 Å². The molecule has 5 aliphatic rings. The summed E-state index contributed by atoms with van der Waals surface area (Å²) in [6, 6.07) is 0. The average molecular weight is 445 g/mol. The van der Waals surface area contributed by atoms with E-state index in [2.05, 4.69) is 48.5 Å². The van der Waals surface area contributed by atoms with Crippen LogP contribution in [0.2, 0.25) is 0 Å². The summed E-state index contributed by atoms with van der Waals surface area (Å²) < 4.78 is 0. The first-order valence-electron chi connectivity index (χ1n) is 14.1. The molecule has 2 N–H and O–H groups in total. The molecule has 32 heavy (non-hydrogen) atoms. The van der Waals surface area contributed by atoms with Crippen molar-refractivity contribution >= 4 is 0 Å². The van der Waals surface area contributed by atoms with Crippen molar-refractivity contribution in [3.05, 3.63) is 0 Å². The number of rotatable bonds is 0. The minimum absolute atomic E-state index is 0.0496. The van der Waals surface area contributed by atoms with E-state index in [-0.39, 0.29) is 23.0 Å². The van der Waals surface area contributed by atoms with Gasteiger partial charge in [0.1, 0.15) is 0 Å². The van der Waals surface area contributed by atoms with Crippen LogP contribution in [0, 0.1) is 56.7 Å². The molecule has 10 atom stereocenters. The van der Waals surface area contributed by atoms with Crippen LogP contribution in [-0.2, 0) is 0 Å². The molecule has 0 unspecified atom stereocenters. The molecule has 0 aromatic carbocycles. The summed E-state index contributed by atoms with van der Waals surface area (Å²) in [5, 5.41) is 21.8. The summed E-state index contributed by atoms with van der Waals surface area (Å²) >= 11 is 0. The monoisotopic (exact) mass is 444 g/mol. The van der Waals surface area contributed by atoms with Crippen molar-refractivity contribution < 1.29 is 10.2 Å². The van der Waals surface area contributed by atoms with Gasteiger partial charge < -0.3 is 10.2 Å². The summed E-state index contributed by atoms with van der Waals surface area (Å²) in [5.41, 5.74) is 1.36. The van der Waals surface area contributed by atoms with Crippen LogP contribution in [0.5, 0.6) is 0 Å².